The highest BCUT2D eigenvalue weighted by molar-refractivity contribution is 5.43. The van der Waals surface area contributed by atoms with E-state index in [1.807, 2.05) is 6.07 Å². The fourth-order valence-electron chi connectivity index (χ4n) is 1.79. The van der Waals surface area contributed by atoms with Gasteiger partial charge in [0.05, 0.1) is 0 Å². The first-order chi connectivity index (χ1) is 8.29. The molecule has 1 aromatic rings. The van der Waals surface area contributed by atoms with Gasteiger partial charge in [-0.3, -0.25) is 0 Å². The number of rotatable bonds is 5. The van der Waals surface area contributed by atoms with Crippen molar-refractivity contribution in [1.29, 1.82) is 0 Å². The van der Waals surface area contributed by atoms with Gasteiger partial charge in [0.1, 0.15) is 13.2 Å². The van der Waals surface area contributed by atoms with Crippen molar-refractivity contribution in [3.8, 4) is 11.5 Å². The van der Waals surface area contributed by atoms with E-state index in [2.05, 4.69) is 24.4 Å². The van der Waals surface area contributed by atoms with Crippen LogP contribution in [-0.2, 0) is 6.42 Å². The predicted octanol–water partition coefficient (Wildman–Crippen LogP) is 0.937. The first-order valence-electron chi connectivity index (χ1n) is 6.11. The lowest BCUT2D eigenvalue weighted by atomic mass is 10.1. The second-order valence-electron chi connectivity index (χ2n) is 4.32. The van der Waals surface area contributed by atoms with Gasteiger partial charge >= 0.3 is 0 Å². The highest BCUT2D eigenvalue weighted by atomic mass is 16.6. The van der Waals surface area contributed by atoms with Crippen molar-refractivity contribution in [2.24, 2.45) is 5.73 Å². The maximum Gasteiger partial charge on any atom is 0.161 e. The third kappa shape index (κ3) is 3.35. The Morgan fingerprint density at radius 1 is 1.29 bits per heavy atom. The quantitative estimate of drug-likeness (QED) is 0.799. The van der Waals surface area contributed by atoms with Gasteiger partial charge in [-0.1, -0.05) is 6.07 Å². The van der Waals surface area contributed by atoms with Gasteiger partial charge in [-0.2, -0.15) is 0 Å². The molecular weight excluding hydrogens is 216 g/mol. The molecule has 0 fully saturated rings. The van der Waals surface area contributed by atoms with Crippen molar-refractivity contribution in [3.05, 3.63) is 23.8 Å². The Kier molecular flexibility index (Phi) is 4.23. The van der Waals surface area contributed by atoms with Crippen LogP contribution in [-0.4, -0.2) is 32.3 Å². The van der Waals surface area contributed by atoms with Crippen LogP contribution in [0.25, 0.3) is 0 Å². The van der Waals surface area contributed by atoms with Gasteiger partial charge in [0.15, 0.2) is 11.5 Å². The number of hydrogen-bond donors (Lipinski definition) is 2. The van der Waals surface area contributed by atoms with E-state index in [1.165, 1.54) is 5.56 Å². The van der Waals surface area contributed by atoms with Crippen LogP contribution in [0.4, 0.5) is 0 Å². The first-order valence-corrected chi connectivity index (χ1v) is 6.11. The molecule has 3 N–H and O–H groups in total. The number of nitrogens with two attached hydrogens (primary N) is 1. The Morgan fingerprint density at radius 3 is 2.82 bits per heavy atom. The van der Waals surface area contributed by atoms with Gasteiger partial charge in [-0.25, -0.2) is 0 Å². The van der Waals surface area contributed by atoms with E-state index in [0.717, 1.165) is 24.5 Å². The van der Waals surface area contributed by atoms with Crippen LogP contribution in [0.5, 0.6) is 11.5 Å². The summed E-state index contributed by atoms with van der Waals surface area (Å²) in [6.07, 6.45) is 0.973. The lowest BCUT2D eigenvalue weighted by molar-refractivity contribution is 0.171. The zero-order chi connectivity index (χ0) is 12.1. The summed E-state index contributed by atoms with van der Waals surface area (Å²) in [6, 6.07) is 6.49. The monoisotopic (exact) mass is 236 g/mol. The molecule has 1 aliphatic heterocycles. The normalized spacial score (nSPS) is 15.6. The Hall–Kier alpha value is -1.26. The molecule has 1 heterocycles. The molecule has 0 spiro atoms. The van der Waals surface area contributed by atoms with Gasteiger partial charge in [0.2, 0.25) is 0 Å². The summed E-state index contributed by atoms with van der Waals surface area (Å²) < 4.78 is 11.0. The summed E-state index contributed by atoms with van der Waals surface area (Å²) in [4.78, 5) is 0. The van der Waals surface area contributed by atoms with Crippen LogP contribution >= 0.6 is 0 Å². The zero-order valence-electron chi connectivity index (χ0n) is 10.2. The second-order valence-corrected chi connectivity index (χ2v) is 4.32. The highest BCUT2D eigenvalue weighted by Gasteiger charge is 2.11. The van der Waals surface area contributed by atoms with E-state index >= 15 is 0 Å². The standard InChI is InChI=1S/C13H20N2O2/c1-10(9-14)15-5-4-11-2-3-12-13(8-11)17-7-6-16-12/h2-3,8,10,15H,4-7,9,14H2,1H3. The van der Waals surface area contributed by atoms with E-state index < -0.39 is 0 Å². The molecule has 0 aromatic heterocycles. The third-order valence-corrected chi connectivity index (χ3v) is 2.87. The molecule has 0 bridgehead atoms. The van der Waals surface area contributed by atoms with E-state index in [4.69, 9.17) is 15.2 Å². The van der Waals surface area contributed by atoms with Crippen LogP contribution in [0.15, 0.2) is 18.2 Å². The van der Waals surface area contributed by atoms with Crippen molar-refractivity contribution in [1.82, 2.24) is 5.32 Å². The summed E-state index contributed by atoms with van der Waals surface area (Å²) in [5, 5.41) is 3.36. The Bertz CT molecular complexity index is 368. The Balaban J connectivity index is 1.89. The predicted molar refractivity (Wildman–Crippen MR) is 67.7 cm³/mol. The molecule has 4 heteroatoms. The number of benzene rings is 1. The topological polar surface area (TPSA) is 56.5 Å². The van der Waals surface area contributed by atoms with Gasteiger partial charge < -0.3 is 20.5 Å². The summed E-state index contributed by atoms with van der Waals surface area (Å²) >= 11 is 0. The number of fused-ring (bicyclic) bond motifs is 1. The molecule has 1 unspecified atom stereocenters. The number of nitrogens with one attached hydrogen (secondary N) is 1. The zero-order valence-corrected chi connectivity index (χ0v) is 10.2. The molecule has 0 amide bonds. The van der Waals surface area contributed by atoms with Crippen molar-refractivity contribution in [3.63, 3.8) is 0 Å². The Morgan fingerprint density at radius 2 is 2.06 bits per heavy atom. The summed E-state index contributed by atoms with van der Waals surface area (Å²) in [7, 11) is 0. The molecule has 0 saturated carbocycles. The molecule has 1 aliphatic rings. The van der Waals surface area contributed by atoms with E-state index in [1.54, 1.807) is 0 Å². The fourth-order valence-corrected chi connectivity index (χ4v) is 1.79. The van der Waals surface area contributed by atoms with Crippen molar-refractivity contribution < 1.29 is 9.47 Å². The summed E-state index contributed by atoms with van der Waals surface area (Å²) in [5.41, 5.74) is 6.80. The average molecular weight is 236 g/mol. The molecular formula is C13H20N2O2. The first kappa shape index (κ1) is 12.2. The molecule has 0 aliphatic carbocycles. The van der Waals surface area contributed by atoms with Crippen molar-refractivity contribution in [2.75, 3.05) is 26.3 Å². The molecule has 0 saturated heterocycles. The summed E-state index contributed by atoms with van der Waals surface area (Å²) in [6.45, 7) is 4.96. The molecule has 0 radical (unpaired) electrons. The minimum atomic E-state index is 0.368. The van der Waals surface area contributed by atoms with Gasteiger partial charge in [0, 0.05) is 12.6 Å². The van der Waals surface area contributed by atoms with E-state index in [9.17, 15) is 0 Å². The fraction of sp³-hybridized carbons (Fsp3) is 0.538. The maximum atomic E-state index is 5.55. The van der Waals surface area contributed by atoms with Crippen molar-refractivity contribution in [2.45, 2.75) is 19.4 Å². The van der Waals surface area contributed by atoms with Crippen LogP contribution < -0.4 is 20.5 Å². The molecule has 2 rings (SSSR count). The Labute approximate surface area is 102 Å². The lowest BCUT2D eigenvalue weighted by Crippen LogP contribution is -2.34. The van der Waals surface area contributed by atoms with Crippen LogP contribution in [0.2, 0.25) is 0 Å². The van der Waals surface area contributed by atoms with E-state index in [-0.39, 0.29) is 0 Å². The lowest BCUT2D eigenvalue weighted by Gasteiger charge is -2.19. The van der Waals surface area contributed by atoms with Gasteiger partial charge in [0.25, 0.3) is 0 Å². The van der Waals surface area contributed by atoms with Gasteiger partial charge in [-0.05, 0) is 37.6 Å². The molecule has 1 atom stereocenters. The highest BCUT2D eigenvalue weighted by Crippen LogP contribution is 2.30. The smallest absolute Gasteiger partial charge is 0.161 e. The molecule has 17 heavy (non-hydrogen) atoms. The molecule has 1 aromatic carbocycles. The average Bonchev–Trinajstić information content (AvgIpc) is 2.38. The third-order valence-electron chi connectivity index (χ3n) is 2.87. The maximum absolute atomic E-state index is 5.55. The van der Waals surface area contributed by atoms with Crippen LogP contribution in [0.3, 0.4) is 0 Å². The molecule has 94 valence electrons. The molecule has 4 nitrogen and oxygen atoms in total. The number of hydrogen-bond acceptors (Lipinski definition) is 4. The van der Waals surface area contributed by atoms with Crippen molar-refractivity contribution >= 4 is 0 Å². The SMILES string of the molecule is CC(CN)NCCc1ccc2c(c1)OCCO2. The number of ether oxygens (including phenoxy) is 2. The minimum absolute atomic E-state index is 0.368. The largest absolute Gasteiger partial charge is 0.486 e. The minimum Gasteiger partial charge on any atom is -0.486 e. The van der Waals surface area contributed by atoms with Gasteiger partial charge in [-0.15, -0.1) is 0 Å². The summed E-state index contributed by atoms with van der Waals surface area (Å²) in [5.74, 6) is 1.71. The van der Waals surface area contributed by atoms with E-state index in [0.29, 0.717) is 25.8 Å². The van der Waals surface area contributed by atoms with Crippen LogP contribution in [0.1, 0.15) is 12.5 Å². The van der Waals surface area contributed by atoms with Crippen LogP contribution in [0, 0.1) is 0 Å². The second kappa shape index (κ2) is 5.89.